The fourth-order valence-electron chi connectivity index (χ4n) is 2.74. The van der Waals surface area contributed by atoms with Crippen molar-refractivity contribution in [2.24, 2.45) is 11.1 Å². The number of nitrogens with two attached hydrogens (primary N) is 1. The zero-order chi connectivity index (χ0) is 14.5. The van der Waals surface area contributed by atoms with E-state index in [2.05, 4.69) is 5.32 Å². The van der Waals surface area contributed by atoms with Gasteiger partial charge in [0.05, 0.1) is 22.5 Å². The Balaban J connectivity index is 2.86. The molecule has 1 amide bonds. The smallest absolute Gasteiger partial charge is 0.233 e. The predicted octanol–water partition coefficient (Wildman–Crippen LogP) is 2.15. The first-order valence-electron chi connectivity index (χ1n) is 6.95. The highest BCUT2D eigenvalue weighted by atomic mass is 32.1. The van der Waals surface area contributed by atoms with E-state index in [0.717, 1.165) is 38.5 Å². The number of nitrogens with one attached hydrogen (secondary N) is 1. The molecule has 5 heteroatoms. The molecular formula is C14H26N2O2S. The molecule has 1 saturated carbocycles. The van der Waals surface area contributed by atoms with Crippen LogP contribution in [-0.2, 0) is 9.53 Å². The van der Waals surface area contributed by atoms with Gasteiger partial charge in [-0.3, -0.25) is 4.79 Å². The van der Waals surface area contributed by atoms with E-state index in [0.29, 0.717) is 11.6 Å². The van der Waals surface area contributed by atoms with Gasteiger partial charge in [0.25, 0.3) is 0 Å². The van der Waals surface area contributed by atoms with Gasteiger partial charge in [-0.1, -0.05) is 37.9 Å². The first-order chi connectivity index (χ1) is 8.84. The van der Waals surface area contributed by atoms with E-state index in [1.165, 1.54) is 0 Å². The minimum absolute atomic E-state index is 0.0380. The monoisotopic (exact) mass is 286 g/mol. The van der Waals surface area contributed by atoms with E-state index in [1.54, 1.807) is 7.11 Å². The lowest BCUT2D eigenvalue weighted by Crippen LogP contribution is -2.56. The molecule has 0 aliphatic heterocycles. The van der Waals surface area contributed by atoms with E-state index < -0.39 is 11.0 Å². The normalized spacial score (nSPS) is 19.5. The largest absolute Gasteiger partial charge is 0.392 e. The molecule has 4 nitrogen and oxygen atoms in total. The van der Waals surface area contributed by atoms with E-state index in [9.17, 15) is 4.79 Å². The van der Waals surface area contributed by atoms with E-state index in [4.69, 9.17) is 22.7 Å². The van der Waals surface area contributed by atoms with Gasteiger partial charge in [0.1, 0.15) is 0 Å². The number of ether oxygens (including phenoxy) is 1. The fraction of sp³-hybridized carbons (Fsp3) is 0.857. The third-order valence-corrected chi connectivity index (χ3v) is 4.21. The molecule has 0 aromatic heterocycles. The van der Waals surface area contributed by atoms with Crippen LogP contribution < -0.4 is 11.1 Å². The van der Waals surface area contributed by atoms with Crippen LogP contribution >= 0.6 is 12.2 Å². The van der Waals surface area contributed by atoms with Crippen molar-refractivity contribution >= 4 is 23.1 Å². The molecule has 0 aromatic rings. The average molecular weight is 286 g/mol. The zero-order valence-electron chi connectivity index (χ0n) is 12.3. The average Bonchev–Trinajstić information content (AvgIpc) is 2.54. The molecule has 0 radical (unpaired) electrons. The van der Waals surface area contributed by atoms with E-state index >= 15 is 0 Å². The van der Waals surface area contributed by atoms with Crippen LogP contribution in [0.4, 0.5) is 0 Å². The van der Waals surface area contributed by atoms with Crippen LogP contribution in [0.15, 0.2) is 0 Å². The Hall–Kier alpha value is -0.680. The van der Waals surface area contributed by atoms with Crippen molar-refractivity contribution in [3.05, 3.63) is 0 Å². The van der Waals surface area contributed by atoms with Crippen molar-refractivity contribution in [3.8, 4) is 0 Å². The third kappa shape index (κ3) is 4.14. The lowest BCUT2D eigenvalue weighted by atomic mass is 9.78. The predicted molar refractivity (Wildman–Crippen MR) is 81.0 cm³/mol. The molecule has 0 bridgehead atoms. The molecule has 1 aliphatic rings. The molecule has 0 saturated heterocycles. The Morgan fingerprint density at radius 2 is 1.84 bits per heavy atom. The Bertz CT molecular complexity index is 334. The number of amides is 1. The molecule has 0 unspecified atom stereocenters. The third-order valence-electron chi connectivity index (χ3n) is 3.82. The molecule has 1 fully saturated rings. The second-order valence-corrected chi connectivity index (χ2v) is 6.57. The van der Waals surface area contributed by atoms with Gasteiger partial charge >= 0.3 is 0 Å². The summed E-state index contributed by atoms with van der Waals surface area (Å²) in [5.74, 6) is -0.0380. The van der Waals surface area contributed by atoms with Crippen molar-refractivity contribution in [2.45, 2.75) is 57.9 Å². The van der Waals surface area contributed by atoms with Crippen molar-refractivity contribution in [2.75, 3.05) is 13.7 Å². The Morgan fingerprint density at radius 3 is 2.26 bits per heavy atom. The second kappa shape index (κ2) is 6.66. The molecule has 0 atom stereocenters. The number of rotatable bonds is 5. The summed E-state index contributed by atoms with van der Waals surface area (Å²) in [5.41, 5.74) is 4.83. The zero-order valence-corrected chi connectivity index (χ0v) is 13.1. The van der Waals surface area contributed by atoms with Gasteiger partial charge in [0, 0.05) is 7.11 Å². The van der Waals surface area contributed by atoms with Crippen LogP contribution in [0.3, 0.4) is 0 Å². The van der Waals surface area contributed by atoms with Crippen molar-refractivity contribution in [1.82, 2.24) is 5.32 Å². The summed E-state index contributed by atoms with van der Waals surface area (Å²) in [7, 11) is 1.63. The van der Waals surface area contributed by atoms with Crippen LogP contribution in [0.25, 0.3) is 0 Å². The SMILES string of the molecule is COCC(C)(C)NC(=O)C1(C(N)=S)CCCCCC1. The lowest BCUT2D eigenvalue weighted by Gasteiger charge is -2.35. The summed E-state index contributed by atoms with van der Waals surface area (Å²) in [4.78, 5) is 13.0. The van der Waals surface area contributed by atoms with Crippen LogP contribution in [0.2, 0.25) is 0 Å². The first kappa shape index (κ1) is 16.4. The van der Waals surface area contributed by atoms with Gasteiger partial charge in [-0.05, 0) is 26.7 Å². The van der Waals surface area contributed by atoms with Crippen molar-refractivity contribution in [3.63, 3.8) is 0 Å². The summed E-state index contributed by atoms with van der Waals surface area (Å²) in [5, 5.41) is 3.05. The molecule has 1 aliphatic carbocycles. The summed E-state index contributed by atoms with van der Waals surface area (Å²) in [6.45, 7) is 4.35. The summed E-state index contributed by atoms with van der Waals surface area (Å²) >= 11 is 5.20. The molecular weight excluding hydrogens is 260 g/mol. The number of carbonyl (C=O) groups excluding carboxylic acids is 1. The molecule has 0 aromatic carbocycles. The van der Waals surface area contributed by atoms with Crippen LogP contribution in [0.5, 0.6) is 0 Å². The van der Waals surface area contributed by atoms with Gasteiger partial charge in [0.2, 0.25) is 5.91 Å². The molecule has 3 N–H and O–H groups in total. The molecule has 0 heterocycles. The summed E-state index contributed by atoms with van der Waals surface area (Å²) in [6, 6.07) is 0. The van der Waals surface area contributed by atoms with Gasteiger partial charge in [0.15, 0.2) is 0 Å². The van der Waals surface area contributed by atoms with Crippen LogP contribution in [-0.4, -0.2) is 30.2 Å². The Kier molecular flexibility index (Phi) is 5.74. The highest BCUT2D eigenvalue weighted by molar-refractivity contribution is 7.80. The van der Waals surface area contributed by atoms with Crippen LogP contribution in [0, 0.1) is 5.41 Å². The van der Waals surface area contributed by atoms with E-state index in [-0.39, 0.29) is 5.91 Å². The van der Waals surface area contributed by atoms with Crippen molar-refractivity contribution in [1.29, 1.82) is 0 Å². The number of thiocarbonyl (C=S) groups is 1. The summed E-state index contributed by atoms with van der Waals surface area (Å²) < 4.78 is 5.13. The fourth-order valence-corrected chi connectivity index (χ4v) is 3.04. The first-order valence-corrected chi connectivity index (χ1v) is 7.36. The maximum atomic E-state index is 12.7. The maximum Gasteiger partial charge on any atom is 0.233 e. The molecule has 1 rings (SSSR count). The van der Waals surface area contributed by atoms with Gasteiger partial charge in [-0.15, -0.1) is 0 Å². The van der Waals surface area contributed by atoms with Crippen LogP contribution in [0.1, 0.15) is 52.4 Å². The van der Waals surface area contributed by atoms with Crippen molar-refractivity contribution < 1.29 is 9.53 Å². The highest BCUT2D eigenvalue weighted by Gasteiger charge is 2.43. The second-order valence-electron chi connectivity index (χ2n) is 6.13. The minimum Gasteiger partial charge on any atom is -0.392 e. The summed E-state index contributed by atoms with van der Waals surface area (Å²) in [6.07, 6.45) is 5.84. The molecule has 19 heavy (non-hydrogen) atoms. The van der Waals surface area contributed by atoms with E-state index in [1.807, 2.05) is 13.8 Å². The van der Waals surface area contributed by atoms with Gasteiger partial charge in [-0.25, -0.2) is 0 Å². The van der Waals surface area contributed by atoms with Gasteiger partial charge < -0.3 is 15.8 Å². The lowest BCUT2D eigenvalue weighted by molar-refractivity contribution is -0.130. The highest BCUT2D eigenvalue weighted by Crippen LogP contribution is 2.36. The maximum absolute atomic E-state index is 12.7. The number of methoxy groups -OCH3 is 1. The molecule has 0 spiro atoms. The number of hydrogen-bond donors (Lipinski definition) is 2. The Labute approximate surface area is 121 Å². The quantitative estimate of drug-likeness (QED) is 0.600. The minimum atomic E-state index is -0.670. The Morgan fingerprint density at radius 1 is 1.32 bits per heavy atom. The molecule has 110 valence electrons. The number of hydrogen-bond acceptors (Lipinski definition) is 3. The van der Waals surface area contributed by atoms with Gasteiger partial charge in [-0.2, -0.15) is 0 Å². The number of carbonyl (C=O) groups is 1. The topological polar surface area (TPSA) is 64.3 Å². The standard InChI is InChI=1S/C14H26N2O2S/c1-13(2,10-18-3)16-12(17)14(11(15)19)8-6-4-5-7-9-14/h4-10H2,1-3H3,(H2,15,19)(H,16,17).